The Morgan fingerprint density at radius 3 is 3.04 bits per heavy atom. The molecule has 0 fully saturated rings. The summed E-state index contributed by atoms with van der Waals surface area (Å²) in [6.07, 6.45) is 3.41. The number of fused-ring (bicyclic) bond motifs is 2. The van der Waals surface area contributed by atoms with Crippen LogP contribution >= 0.6 is 11.8 Å². The maximum absolute atomic E-state index is 6.04. The first-order valence-electron chi connectivity index (χ1n) is 8.74. The fourth-order valence-corrected chi connectivity index (χ4v) is 4.53. The Morgan fingerprint density at radius 1 is 1.35 bits per heavy atom. The number of methoxy groups -OCH3 is 1. The normalized spacial score (nSPS) is 17.2. The Kier molecular flexibility index (Phi) is 6.08. The lowest BCUT2D eigenvalue weighted by atomic mass is 10.00. The van der Waals surface area contributed by atoms with Crippen LogP contribution in [0.1, 0.15) is 24.5 Å². The summed E-state index contributed by atoms with van der Waals surface area (Å²) < 4.78 is 11.4. The molecule has 5 heteroatoms. The molecular weight excluding hydrogens is 308 g/mol. The van der Waals surface area contributed by atoms with E-state index in [1.165, 1.54) is 22.6 Å². The maximum atomic E-state index is 6.04. The highest BCUT2D eigenvalue weighted by atomic mass is 32.2. The summed E-state index contributed by atoms with van der Waals surface area (Å²) in [5, 5.41) is 3.53. The van der Waals surface area contributed by atoms with E-state index in [9.17, 15) is 0 Å². The van der Waals surface area contributed by atoms with Crippen LogP contribution in [0.5, 0.6) is 5.75 Å². The Labute approximate surface area is 143 Å². The van der Waals surface area contributed by atoms with Gasteiger partial charge in [-0.2, -0.15) is 0 Å². The number of ether oxygens (including phenoxy) is 2. The van der Waals surface area contributed by atoms with Gasteiger partial charge in [-0.25, -0.2) is 0 Å². The van der Waals surface area contributed by atoms with Crippen LogP contribution in [0, 0.1) is 0 Å². The predicted molar refractivity (Wildman–Crippen MR) is 97.3 cm³/mol. The van der Waals surface area contributed by atoms with Gasteiger partial charge in [-0.1, -0.05) is 6.92 Å². The zero-order chi connectivity index (χ0) is 16.1. The highest BCUT2D eigenvalue weighted by molar-refractivity contribution is 7.99. The number of anilines is 1. The van der Waals surface area contributed by atoms with Crippen molar-refractivity contribution in [2.24, 2.45) is 0 Å². The predicted octanol–water partition coefficient (Wildman–Crippen LogP) is 2.72. The third-order valence-electron chi connectivity index (χ3n) is 4.49. The molecule has 0 aromatic heterocycles. The molecule has 4 nitrogen and oxygen atoms in total. The molecule has 2 aliphatic heterocycles. The molecule has 3 rings (SSSR count). The average Bonchev–Trinajstić information content (AvgIpc) is 2.82. The van der Waals surface area contributed by atoms with Gasteiger partial charge in [0, 0.05) is 18.6 Å². The Hall–Kier alpha value is -0.910. The van der Waals surface area contributed by atoms with E-state index >= 15 is 0 Å². The van der Waals surface area contributed by atoms with Gasteiger partial charge in [0.25, 0.3) is 0 Å². The van der Waals surface area contributed by atoms with E-state index in [2.05, 4.69) is 23.2 Å². The Morgan fingerprint density at radius 2 is 2.22 bits per heavy atom. The van der Waals surface area contributed by atoms with Crippen molar-refractivity contribution >= 4 is 17.4 Å². The van der Waals surface area contributed by atoms with E-state index in [0.717, 1.165) is 63.7 Å². The van der Waals surface area contributed by atoms with Crippen LogP contribution in [-0.4, -0.2) is 52.3 Å². The number of rotatable bonds is 6. The minimum absolute atomic E-state index is 0.760. The van der Waals surface area contributed by atoms with E-state index < -0.39 is 0 Å². The number of benzene rings is 1. The molecule has 0 saturated carbocycles. The minimum atomic E-state index is 0.760. The van der Waals surface area contributed by atoms with Gasteiger partial charge in [0.15, 0.2) is 0 Å². The van der Waals surface area contributed by atoms with Gasteiger partial charge in [0.05, 0.1) is 18.8 Å². The molecule has 0 bridgehead atoms. The van der Waals surface area contributed by atoms with Crippen molar-refractivity contribution in [2.75, 3.05) is 57.2 Å². The quantitative estimate of drug-likeness (QED) is 0.808. The number of hydrogen-bond acceptors (Lipinski definition) is 5. The van der Waals surface area contributed by atoms with Crippen molar-refractivity contribution in [3.63, 3.8) is 0 Å². The molecule has 23 heavy (non-hydrogen) atoms. The largest absolute Gasteiger partial charge is 0.490 e. The Bertz CT molecular complexity index is 536. The van der Waals surface area contributed by atoms with Gasteiger partial charge < -0.3 is 19.7 Å². The molecule has 0 spiro atoms. The summed E-state index contributed by atoms with van der Waals surface area (Å²) in [6, 6.07) is 2.30. The third kappa shape index (κ3) is 3.78. The van der Waals surface area contributed by atoms with Gasteiger partial charge in [-0.15, -0.1) is 11.8 Å². The van der Waals surface area contributed by atoms with E-state index in [4.69, 9.17) is 9.47 Å². The van der Waals surface area contributed by atoms with Crippen molar-refractivity contribution in [2.45, 2.75) is 31.1 Å². The number of hydrogen-bond donors (Lipinski definition) is 1. The SMILES string of the molecule is CCCSc1c2c(cc3c1N(CCOC)CCO3)CCNCC2. The standard InChI is InChI=1S/C18H28N2O2S/c1-3-12-23-18-15-5-7-19-6-4-14(15)13-16-17(18)20(8-10-21-2)9-11-22-16/h13,19H,3-12H2,1-2H3. The van der Waals surface area contributed by atoms with E-state index in [1.807, 2.05) is 11.8 Å². The van der Waals surface area contributed by atoms with Crippen molar-refractivity contribution in [1.82, 2.24) is 5.32 Å². The second-order valence-electron chi connectivity index (χ2n) is 6.12. The molecule has 0 atom stereocenters. The molecule has 1 aromatic rings. The molecule has 0 amide bonds. The van der Waals surface area contributed by atoms with Crippen LogP contribution in [0.4, 0.5) is 5.69 Å². The van der Waals surface area contributed by atoms with Crippen molar-refractivity contribution in [1.29, 1.82) is 0 Å². The van der Waals surface area contributed by atoms with Crippen LogP contribution in [0.15, 0.2) is 11.0 Å². The van der Waals surface area contributed by atoms with Crippen LogP contribution in [0.2, 0.25) is 0 Å². The fourth-order valence-electron chi connectivity index (χ4n) is 3.34. The lowest BCUT2D eigenvalue weighted by Crippen LogP contribution is -2.36. The summed E-state index contributed by atoms with van der Waals surface area (Å²) >= 11 is 2.01. The number of thioether (sulfide) groups is 1. The molecule has 128 valence electrons. The lowest BCUT2D eigenvalue weighted by Gasteiger charge is -2.34. The molecular formula is C18H28N2O2S. The summed E-state index contributed by atoms with van der Waals surface area (Å²) in [6.45, 7) is 7.81. The van der Waals surface area contributed by atoms with E-state index in [0.29, 0.717) is 0 Å². The fraction of sp³-hybridized carbons (Fsp3) is 0.667. The van der Waals surface area contributed by atoms with Crippen molar-refractivity contribution in [3.8, 4) is 5.75 Å². The third-order valence-corrected chi connectivity index (χ3v) is 5.83. The molecule has 0 saturated heterocycles. The van der Waals surface area contributed by atoms with E-state index in [-0.39, 0.29) is 0 Å². The van der Waals surface area contributed by atoms with Crippen molar-refractivity contribution < 1.29 is 9.47 Å². The first-order chi connectivity index (χ1) is 11.3. The Balaban J connectivity index is 2.03. The molecule has 1 aromatic carbocycles. The zero-order valence-corrected chi connectivity index (χ0v) is 15.1. The second-order valence-corrected chi connectivity index (χ2v) is 7.22. The highest BCUT2D eigenvalue weighted by Gasteiger charge is 2.26. The number of nitrogens with one attached hydrogen (secondary N) is 1. The average molecular weight is 337 g/mol. The maximum Gasteiger partial charge on any atom is 0.144 e. The van der Waals surface area contributed by atoms with Crippen LogP contribution in [-0.2, 0) is 17.6 Å². The smallest absolute Gasteiger partial charge is 0.144 e. The lowest BCUT2D eigenvalue weighted by molar-refractivity contribution is 0.201. The molecule has 2 heterocycles. The highest BCUT2D eigenvalue weighted by Crippen LogP contribution is 2.45. The van der Waals surface area contributed by atoms with Gasteiger partial charge >= 0.3 is 0 Å². The van der Waals surface area contributed by atoms with Gasteiger partial charge in [-0.05, 0) is 55.3 Å². The van der Waals surface area contributed by atoms with Crippen LogP contribution in [0.3, 0.4) is 0 Å². The van der Waals surface area contributed by atoms with Gasteiger partial charge in [0.2, 0.25) is 0 Å². The first kappa shape index (κ1) is 16.9. The van der Waals surface area contributed by atoms with Crippen LogP contribution in [0.25, 0.3) is 0 Å². The first-order valence-corrected chi connectivity index (χ1v) is 9.72. The molecule has 0 radical (unpaired) electrons. The minimum Gasteiger partial charge on any atom is -0.490 e. The monoisotopic (exact) mass is 336 g/mol. The summed E-state index contributed by atoms with van der Waals surface area (Å²) in [5.41, 5.74) is 4.33. The molecule has 0 unspecified atom stereocenters. The molecule has 2 aliphatic rings. The zero-order valence-electron chi connectivity index (χ0n) is 14.3. The number of nitrogens with zero attached hydrogens (tertiary/aromatic N) is 1. The van der Waals surface area contributed by atoms with E-state index in [1.54, 1.807) is 12.7 Å². The van der Waals surface area contributed by atoms with Gasteiger partial charge in [0.1, 0.15) is 12.4 Å². The second kappa shape index (κ2) is 8.27. The summed E-state index contributed by atoms with van der Waals surface area (Å²) in [7, 11) is 1.77. The van der Waals surface area contributed by atoms with Gasteiger partial charge in [-0.3, -0.25) is 0 Å². The summed E-state index contributed by atoms with van der Waals surface area (Å²) in [5.74, 6) is 2.24. The molecule has 0 aliphatic carbocycles. The van der Waals surface area contributed by atoms with Crippen LogP contribution < -0.4 is 15.0 Å². The molecule has 1 N–H and O–H groups in total. The topological polar surface area (TPSA) is 33.7 Å². The summed E-state index contributed by atoms with van der Waals surface area (Å²) in [4.78, 5) is 3.91. The van der Waals surface area contributed by atoms with Crippen molar-refractivity contribution in [3.05, 3.63) is 17.2 Å².